The van der Waals surface area contributed by atoms with Crippen molar-refractivity contribution in [2.45, 2.75) is 6.61 Å². The van der Waals surface area contributed by atoms with Crippen molar-refractivity contribution in [3.05, 3.63) is 23.0 Å². The number of hydrogen-bond acceptors (Lipinski definition) is 2. The Morgan fingerprint density at radius 2 is 1.93 bits per heavy atom. The highest BCUT2D eigenvalue weighted by Gasteiger charge is 2.05. The van der Waals surface area contributed by atoms with Crippen LogP contribution in [-0.2, 0) is 0 Å². The normalized spacial score (nSPS) is 11.1. The first-order chi connectivity index (χ1) is 6.65. The lowest BCUT2D eigenvalue weighted by Gasteiger charge is -2.02. The van der Waals surface area contributed by atoms with Crippen LogP contribution < -0.4 is 4.74 Å². The van der Waals surface area contributed by atoms with Gasteiger partial charge in [0.15, 0.2) is 4.77 Å². The molecule has 0 aliphatic carbocycles. The Morgan fingerprint density at radius 1 is 1.21 bits per heavy atom. The van der Waals surface area contributed by atoms with Gasteiger partial charge in [-0.1, -0.05) is 0 Å². The molecule has 0 bridgehead atoms. The van der Waals surface area contributed by atoms with E-state index in [2.05, 4.69) is 14.7 Å². The molecular formula is C8H6F2N2OS. The molecule has 1 aromatic heterocycles. The fraction of sp³-hybridized carbons (Fsp3) is 0.125. The summed E-state index contributed by atoms with van der Waals surface area (Å²) in [5.74, 6) is 0.109. The maximum absolute atomic E-state index is 11.9. The number of aromatic amines is 2. The number of H-pyrrole nitrogens is 2. The molecule has 0 saturated carbocycles. The minimum absolute atomic E-state index is 0.109. The zero-order chi connectivity index (χ0) is 10.1. The molecule has 0 saturated heterocycles. The third kappa shape index (κ3) is 1.74. The van der Waals surface area contributed by atoms with Crippen LogP contribution in [0.1, 0.15) is 0 Å². The number of imidazole rings is 1. The van der Waals surface area contributed by atoms with E-state index in [0.29, 0.717) is 10.3 Å². The molecule has 14 heavy (non-hydrogen) atoms. The summed E-state index contributed by atoms with van der Waals surface area (Å²) in [5.41, 5.74) is 1.41. The standard InChI is InChI=1S/C8H6F2N2OS/c9-7(10)13-4-1-2-5-6(3-4)12-8(14)11-5/h1-3,7H,(H2,11,12,14). The van der Waals surface area contributed by atoms with Gasteiger partial charge in [0.05, 0.1) is 11.0 Å². The first-order valence-corrected chi connectivity index (χ1v) is 4.23. The van der Waals surface area contributed by atoms with E-state index in [-0.39, 0.29) is 5.75 Å². The molecule has 1 aromatic carbocycles. The summed E-state index contributed by atoms with van der Waals surface area (Å²) < 4.78 is 28.4. The molecule has 0 fully saturated rings. The third-order valence-electron chi connectivity index (χ3n) is 1.71. The molecule has 0 radical (unpaired) electrons. The molecule has 0 spiro atoms. The number of benzene rings is 1. The predicted octanol–water partition coefficient (Wildman–Crippen LogP) is 2.83. The average Bonchev–Trinajstić information content (AvgIpc) is 2.42. The number of alkyl halides is 2. The van der Waals surface area contributed by atoms with E-state index in [1.54, 1.807) is 6.07 Å². The summed E-state index contributed by atoms with van der Waals surface area (Å²) in [5, 5.41) is 0. The molecule has 0 atom stereocenters. The van der Waals surface area contributed by atoms with Crippen molar-refractivity contribution in [3.8, 4) is 5.75 Å². The van der Waals surface area contributed by atoms with E-state index < -0.39 is 6.61 Å². The molecular weight excluding hydrogens is 210 g/mol. The van der Waals surface area contributed by atoms with Gasteiger partial charge in [-0.2, -0.15) is 8.78 Å². The summed E-state index contributed by atoms with van der Waals surface area (Å²) in [7, 11) is 0. The monoisotopic (exact) mass is 216 g/mol. The maximum Gasteiger partial charge on any atom is 0.387 e. The number of ether oxygens (including phenoxy) is 1. The Labute approximate surface area is 82.7 Å². The van der Waals surface area contributed by atoms with Crippen LogP contribution in [0.15, 0.2) is 18.2 Å². The van der Waals surface area contributed by atoms with Crippen LogP contribution in [-0.4, -0.2) is 16.6 Å². The second-order valence-corrected chi connectivity index (χ2v) is 3.07. The minimum Gasteiger partial charge on any atom is -0.435 e. The molecule has 74 valence electrons. The van der Waals surface area contributed by atoms with E-state index in [1.165, 1.54) is 12.1 Å². The summed E-state index contributed by atoms with van der Waals surface area (Å²) in [6.07, 6.45) is 0. The third-order valence-corrected chi connectivity index (χ3v) is 1.92. The number of aromatic nitrogens is 2. The van der Waals surface area contributed by atoms with Gasteiger partial charge >= 0.3 is 6.61 Å². The van der Waals surface area contributed by atoms with Crippen molar-refractivity contribution in [2.75, 3.05) is 0 Å². The number of rotatable bonds is 2. The van der Waals surface area contributed by atoms with E-state index >= 15 is 0 Å². The van der Waals surface area contributed by atoms with Crippen LogP contribution in [0.5, 0.6) is 5.75 Å². The lowest BCUT2D eigenvalue weighted by atomic mass is 10.3. The zero-order valence-corrected chi connectivity index (χ0v) is 7.70. The topological polar surface area (TPSA) is 40.8 Å². The van der Waals surface area contributed by atoms with Crippen LogP contribution >= 0.6 is 12.2 Å². The average molecular weight is 216 g/mol. The molecule has 0 aliphatic heterocycles. The smallest absolute Gasteiger partial charge is 0.387 e. The lowest BCUT2D eigenvalue weighted by molar-refractivity contribution is -0.0497. The van der Waals surface area contributed by atoms with E-state index in [9.17, 15) is 8.78 Å². The summed E-state index contributed by atoms with van der Waals surface area (Å²) in [4.78, 5) is 5.66. The van der Waals surface area contributed by atoms with Gasteiger partial charge in [0.2, 0.25) is 0 Å². The largest absolute Gasteiger partial charge is 0.435 e. The Morgan fingerprint density at radius 3 is 2.64 bits per heavy atom. The molecule has 1 heterocycles. The quantitative estimate of drug-likeness (QED) is 0.758. The highest BCUT2D eigenvalue weighted by molar-refractivity contribution is 7.71. The highest BCUT2D eigenvalue weighted by atomic mass is 32.1. The van der Waals surface area contributed by atoms with Gasteiger partial charge < -0.3 is 14.7 Å². The first kappa shape index (κ1) is 9.14. The maximum atomic E-state index is 11.9. The van der Waals surface area contributed by atoms with Gasteiger partial charge in [0.25, 0.3) is 0 Å². The van der Waals surface area contributed by atoms with Gasteiger partial charge in [-0.15, -0.1) is 0 Å². The number of nitrogens with one attached hydrogen (secondary N) is 2. The Kier molecular flexibility index (Phi) is 2.20. The molecule has 3 nitrogen and oxygen atoms in total. The fourth-order valence-corrected chi connectivity index (χ4v) is 1.41. The van der Waals surface area contributed by atoms with Crippen LogP contribution in [0.25, 0.3) is 11.0 Å². The zero-order valence-electron chi connectivity index (χ0n) is 6.88. The van der Waals surface area contributed by atoms with Crippen molar-refractivity contribution < 1.29 is 13.5 Å². The second kappa shape index (κ2) is 3.38. The van der Waals surface area contributed by atoms with Crippen molar-refractivity contribution in [3.63, 3.8) is 0 Å². The molecule has 2 aromatic rings. The molecule has 0 amide bonds. The van der Waals surface area contributed by atoms with Gasteiger partial charge in [-0.25, -0.2) is 0 Å². The van der Waals surface area contributed by atoms with Gasteiger partial charge in [-0.3, -0.25) is 0 Å². The number of halogens is 2. The predicted molar refractivity (Wildman–Crippen MR) is 50.1 cm³/mol. The summed E-state index contributed by atoms with van der Waals surface area (Å²) in [6.45, 7) is -2.81. The molecule has 6 heteroatoms. The number of fused-ring (bicyclic) bond motifs is 1. The number of hydrogen-bond donors (Lipinski definition) is 2. The van der Waals surface area contributed by atoms with E-state index in [4.69, 9.17) is 12.2 Å². The van der Waals surface area contributed by atoms with Crippen LogP contribution in [0.2, 0.25) is 0 Å². The highest BCUT2D eigenvalue weighted by Crippen LogP contribution is 2.19. The van der Waals surface area contributed by atoms with Crippen LogP contribution in [0, 0.1) is 4.77 Å². The van der Waals surface area contributed by atoms with Crippen molar-refractivity contribution in [1.82, 2.24) is 9.97 Å². The fourth-order valence-electron chi connectivity index (χ4n) is 1.19. The van der Waals surface area contributed by atoms with Crippen molar-refractivity contribution >= 4 is 23.3 Å². The van der Waals surface area contributed by atoms with Gasteiger partial charge in [0.1, 0.15) is 5.75 Å². The van der Waals surface area contributed by atoms with E-state index in [0.717, 1.165) is 5.52 Å². The Hall–Kier alpha value is -1.43. The van der Waals surface area contributed by atoms with Crippen LogP contribution in [0.4, 0.5) is 8.78 Å². The Bertz CT molecular complexity index is 505. The van der Waals surface area contributed by atoms with Gasteiger partial charge in [0, 0.05) is 6.07 Å². The van der Waals surface area contributed by atoms with E-state index in [1.807, 2.05) is 0 Å². The summed E-state index contributed by atoms with van der Waals surface area (Å²) >= 11 is 4.84. The minimum atomic E-state index is -2.81. The molecule has 2 N–H and O–H groups in total. The lowest BCUT2D eigenvalue weighted by Crippen LogP contribution is -2.01. The first-order valence-electron chi connectivity index (χ1n) is 3.82. The molecule has 0 unspecified atom stereocenters. The molecule has 2 rings (SSSR count). The Balaban J connectivity index is 2.45. The second-order valence-electron chi connectivity index (χ2n) is 2.67. The summed E-state index contributed by atoms with van der Waals surface area (Å²) in [6, 6.07) is 4.54. The van der Waals surface area contributed by atoms with Gasteiger partial charge in [-0.05, 0) is 24.4 Å². The van der Waals surface area contributed by atoms with Crippen molar-refractivity contribution in [1.29, 1.82) is 0 Å². The SMILES string of the molecule is FC(F)Oc1ccc2[nH]c(=S)[nH]c2c1. The van der Waals surface area contributed by atoms with Crippen molar-refractivity contribution in [2.24, 2.45) is 0 Å². The molecule has 0 aliphatic rings. The van der Waals surface area contributed by atoms with Crippen LogP contribution in [0.3, 0.4) is 0 Å².